The highest BCUT2D eigenvalue weighted by atomic mass is 35.5. The number of fused-ring (bicyclic) bond motifs is 1. The maximum atomic E-state index is 12.4. The minimum Gasteiger partial charge on any atom is -0.457 e. The summed E-state index contributed by atoms with van der Waals surface area (Å²) in [5.74, 6) is 1.82. The second kappa shape index (κ2) is 6.10. The lowest BCUT2D eigenvalue weighted by Gasteiger charge is -2.00. The van der Waals surface area contributed by atoms with Gasteiger partial charge in [0.25, 0.3) is 0 Å². The molecule has 4 rings (SSSR count). The molecule has 0 fully saturated rings. The average molecular weight is 371 g/mol. The van der Waals surface area contributed by atoms with Gasteiger partial charge in [0.15, 0.2) is 5.76 Å². The second-order valence-corrected chi connectivity index (χ2v) is 6.58. The number of furan rings is 1. The van der Waals surface area contributed by atoms with E-state index in [2.05, 4.69) is 0 Å². The van der Waals surface area contributed by atoms with E-state index < -0.39 is 0 Å². The van der Waals surface area contributed by atoms with Gasteiger partial charge in [0.1, 0.15) is 17.3 Å². The molecule has 0 radical (unpaired) electrons. The number of aryl methyl sites for hydroxylation is 1. The van der Waals surface area contributed by atoms with Crippen molar-refractivity contribution in [2.75, 3.05) is 0 Å². The maximum absolute atomic E-state index is 12.4. The number of ketones is 1. The summed E-state index contributed by atoms with van der Waals surface area (Å²) in [6.07, 6.45) is 1.60. The molecule has 5 heteroatoms. The van der Waals surface area contributed by atoms with Crippen LogP contribution in [0.15, 0.2) is 58.7 Å². The van der Waals surface area contributed by atoms with Crippen molar-refractivity contribution in [1.29, 1.82) is 0 Å². The number of allylic oxidation sites excluding steroid dienone is 1. The Balaban J connectivity index is 1.64. The summed E-state index contributed by atoms with van der Waals surface area (Å²) in [5.41, 5.74) is 2.39. The lowest BCUT2D eigenvalue weighted by molar-refractivity contribution is 0.101. The standard InChI is InChI=1S/C20H12Cl2O3/c1-11-2-6-18-14(8-11)20(23)19(25-18)10-13-4-7-17(24-13)12-3-5-15(21)16(22)9-12/h2-10H,1H3. The number of benzene rings is 2. The Morgan fingerprint density at radius 2 is 1.80 bits per heavy atom. The zero-order chi connectivity index (χ0) is 17.6. The van der Waals surface area contributed by atoms with E-state index in [-0.39, 0.29) is 11.5 Å². The summed E-state index contributed by atoms with van der Waals surface area (Å²) in [5, 5.41) is 0.938. The van der Waals surface area contributed by atoms with Crippen molar-refractivity contribution in [1.82, 2.24) is 0 Å². The van der Waals surface area contributed by atoms with E-state index in [1.165, 1.54) is 0 Å². The zero-order valence-corrected chi connectivity index (χ0v) is 14.7. The highest BCUT2D eigenvalue weighted by Crippen LogP contribution is 2.34. The first-order valence-corrected chi connectivity index (χ1v) is 8.37. The number of halogens is 2. The van der Waals surface area contributed by atoms with Crippen LogP contribution >= 0.6 is 23.2 Å². The molecule has 0 amide bonds. The minimum atomic E-state index is -0.147. The van der Waals surface area contributed by atoms with Crippen molar-refractivity contribution in [3.05, 3.63) is 81.2 Å². The molecule has 1 aromatic heterocycles. The molecular weight excluding hydrogens is 359 g/mol. The molecule has 2 heterocycles. The molecule has 1 aliphatic rings. The van der Waals surface area contributed by atoms with Crippen LogP contribution in [0, 0.1) is 6.92 Å². The number of carbonyl (C=O) groups excluding carboxylic acids is 1. The fraction of sp³-hybridized carbons (Fsp3) is 0.0500. The lowest BCUT2D eigenvalue weighted by atomic mass is 10.1. The Hall–Kier alpha value is -2.49. The van der Waals surface area contributed by atoms with E-state index in [0.717, 1.165) is 11.1 Å². The monoisotopic (exact) mass is 370 g/mol. The van der Waals surface area contributed by atoms with Crippen molar-refractivity contribution in [2.24, 2.45) is 0 Å². The predicted octanol–water partition coefficient (Wildman–Crippen LogP) is 6.18. The molecule has 0 spiro atoms. The van der Waals surface area contributed by atoms with Crippen LogP contribution < -0.4 is 4.74 Å². The van der Waals surface area contributed by atoms with Gasteiger partial charge < -0.3 is 9.15 Å². The molecule has 3 nitrogen and oxygen atoms in total. The second-order valence-electron chi connectivity index (χ2n) is 5.77. The molecule has 3 aromatic rings. The summed E-state index contributed by atoms with van der Waals surface area (Å²) >= 11 is 12.0. The Bertz CT molecular complexity index is 1030. The molecular formula is C20H12Cl2O3. The summed E-state index contributed by atoms with van der Waals surface area (Å²) in [6.45, 7) is 1.94. The molecule has 2 aromatic carbocycles. The van der Waals surface area contributed by atoms with Gasteiger partial charge in [-0.3, -0.25) is 4.79 Å². The Morgan fingerprint density at radius 1 is 0.960 bits per heavy atom. The molecule has 0 unspecified atom stereocenters. The van der Waals surface area contributed by atoms with E-state index in [4.69, 9.17) is 32.4 Å². The van der Waals surface area contributed by atoms with Gasteiger partial charge in [-0.2, -0.15) is 0 Å². The van der Waals surface area contributed by atoms with Gasteiger partial charge in [-0.05, 0) is 49.4 Å². The van der Waals surface area contributed by atoms with Crippen molar-refractivity contribution >= 4 is 35.1 Å². The molecule has 25 heavy (non-hydrogen) atoms. The highest BCUT2D eigenvalue weighted by molar-refractivity contribution is 6.42. The molecule has 0 saturated carbocycles. The molecule has 0 aliphatic carbocycles. The van der Waals surface area contributed by atoms with Crippen LogP contribution in [0.2, 0.25) is 10.0 Å². The van der Waals surface area contributed by atoms with Crippen molar-refractivity contribution in [2.45, 2.75) is 6.92 Å². The van der Waals surface area contributed by atoms with Crippen LogP contribution in [-0.2, 0) is 0 Å². The van der Waals surface area contributed by atoms with Crippen molar-refractivity contribution in [3.63, 3.8) is 0 Å². The van der Waals surface area contributed by atoms with Gasteiger partial charge >= 0.3 is 0 Å². The van der Waals surface area contributed by atoms with Crippen LogP contribution in [0.5, 0.6) is 5.75 Å². The minimum absolute atomic E-state index is 0.147. The quantitative estimate of drug-likeness (QED) is 0.505. The normalized spacial score (nSPS) is 14.7. The van der Waals surface area contributed by atoms with Crippen LogP contribution in [0.1, 0.15) is 21.7 Å². The highest BCUT2D eigenvalue weighted by Gasteiger charge is 2.27. The Morgan fingerprint density at radius 3 is 2.60 bits per heavy atom. The molecule has 0 N–H and O–H groups in total. The van der Waals surface area contributed by atoms with E-state index in [1.54, 1.807) is 30.3 Å². The molecule has 124 valence electrons. The fourth-order valence-corrected chi connectivity index (χ4v) is 2.97. The van der Waals surface area contributed by atoms with Crippen LogP contribution in [0.3, 0.4) is 0 Å². The molecule has 0 saturated heterocycles. The van der Waals surface area contributed by atoms with Crippen molar-refractivity contribution < 1.29 is 13.9 Å². The van der Waals surface area contributed by atoms with Gasteiger partial charge in [-0.25, -0.2) is 0 Å². The van der Waals surface area contributed by atoms with Gasteiger partial charge in [0.2, 0.25) is 5.78 Å². The van der Waals surface area contributed by atoms with Crippen LogP contribution in [0.4, 0.5) is 0 Å². The number of carbonyl (C=O) groups is 1. The molecule has 1 aliphatic heterocycles. The van der Waals surface area contributed by atoms with E-state index >= 15 is 0 Å². The maximum Gasteiger partial charge on any atom is 0.232 e. The number of rotatable bonds is 2. The third-order valence-electron chi connectivity index (χ3n) is 3.93. The molecule has 0 atom stereocenters. The Kier molecular flexibility index (Phi) is 3.91. The van der Waals surface area contributed by atoms with Gasteiger partial charge in [0, 0.05) is 11.6 Å². The summed E-state index contributed by atoms with van der Waals surface area (Å²) in [7, 11) is 0. The first kappa shape index (κ1) is 16.0. The zero-order valence-electron chi connectivity index (χ0n) is 13.2. The fourth-order valence-electron chi connectivity index (χ4n) is 2.67. The molecule has 0 bridgehead atoms. The largest absolute Gasteiger partial charge is 0.457 e. The van der Waals surface area contributed by atoms with Crippen LogP contribution in [0.25, 0.3) is 17.4 Å². The summed E-state index contributed by atoms with van der Waals surface area (Å²) < 4.78 is 11.4. The number of ether oxygens (including phenoxy) is 1. The van der Waals surface area contributed by atoms with Crippen molar-refractivity contribution in [3.8, 4) is 17.1 Å². The summed E-state index contributed by atoms with van der Waals surface area (Å²) in [6, 6.07) is 14.4. The topological polar surface area (TPSA) is 39.4 Å². The van der Waals surface area contributed by atoms with E-state index in [1.807, 2.05) is 31.2 Å². The first-order valence-electron chi connectivity index (χ1n) is 7.61. The predicted molar refractivity (Wildman–Crippen MR) is 98.3 cm³/mol. The SMILES string of the molecule is Cc1ccc2c(c1)C(=O)C(=Cc1ccc(-c3ccc(Cl)c(Cl)c3)o1)O2. The van der Waals surface area contributed by atoms with Gasteiger partial charge in [0.05, 0.1) is 15.6 Å². The van der Waals surface area contributed by atoms with Gasteiger partial charge in [-0.1, -0.05) is 34.8 Å². The van der Waals surface area contributed by atoms with Gasteiger partial charge in [-0.15, -0.1) is 0 Å². The van der Waals surface area contributed by atoms with E-state index in [0.29, 0.717) is 32.9 Å². The Labute approximate surface area is 154 Å². The summed E-state index contributed by atoms with van der Waals surface area (Å²) in [4.78, 5) is 12.4. The number of hydrogen-bond acceptors (Lipinski definition) is 3. The smallest absolute Gasteiger partial charge is 0.232 e. The number of hydrogen-bond donors (Lipinski definition) is 0. The lowest BCUT2D eigenvalue weighted by Crippen LogP contribution is -1.97. The first-order chi connectivity index (χ1) is 12.0. The average Bonchev–Trinajstić information content (AvgIpc) is 3.17. The third kappa shape index (κ3) is 2.97. The van der Waals surface area contributed by atoms with E-state index in [9.17, 15) is 4.79 Å². The third-order valence-corrected chi connectivity index (χ3v) is 4.67. The van der Waals surface area contributed by atoms with Crippen LogP contribution in [-0.4, -0.2) is 5.78 Å². The number of Topliss-reactive ketones (excluding diaryl/α,β-unsaturated/α-hetero) is 1.